The number of anilines is 2. The van der Waals surface area contributed by atoms with Crippen LogP contribution in [0.5, 0.6) is 0 Å². The van der Waals surface area contributed by atoms with E-state index < -0.39 is 11.7 Å². The highest BCUT2D eigenvalue weighted by Gasteiger charge is 2.35. The van der Waals surface area contributed by atoms with Gasteiger partial charge >= 0.3 is 0 Å². The Balaban J connectivity index is 2.57. The SMILES string of the molecule is CC(=O)Nc1cccc2c1N(C)C(=O)C2=O. The molecule has 5 heteroatoms. The second kappa shape index (κ2) is 3.44. The van der Waals surface area contributed by atoms with Crippen molar-refractivity contribution in [1.29, 1.82) is 0 Å². The number of amides is 2. The van der Waals surface area contributed by atoms with Crippen LogP contribution in [0, 0.1) is 0 Å². The Hall–Kier alpha value is -2.17. The van der Waals surface area contributed by atoms with E-state index >= 15 is 0 Å². The lowest BCUT2D eigenvalue weighted by Gasteiger charge is -2.13. The van der Waals surface area contributed by atoms with Crippen LogP contribution >= 0.6 is 0 Å². The van der Waals surface area contributed by atoms with Gasteiger partial charge in [0.15, 0.2) is 0 Å². The molecule has 0 spiro atoms. The molecule has 0 radical (unpaired) electrons. The van der Waals surface area contributed by atoms with Crippen molar-refractivity contribution in [3.63, 3.8) is 0 Å². The first-order chi connectivity index (χ1) is 7.52. The van der Waals surface area contributed by atoms with Gasteiger partial charge in [0.25, 0.3) is 11.7 Å². The van der Waals surface area contributed by atoms with Gasteiger partial charge in [0.05, 0.1) is 16.9 Å². The molecule has 16 heavy (non-hydrogen) atoms. The zero-order valence-corrected chi connectivity index (χ0v) is 8.90. The van der Waals surface area contributed by atoms with E-state index in [4.69, 9.17) is 0 Å². The van der Waals surface area contributed by atoms with Crippen molar-refractivity contribution in [2.45, 2.75) is 6.92 Å². The van der Waals surface area contributed by atoms with Crippen molar-refractivity contribution in [3.05, 3.63) is 23.8 Å². The summed E-state index contributed by atoms with van der Waals surface area (Å²) in [6.45, 7) is 1.37. The van der Waals surface area contributed by atoms with E-state index in [9.17, 15) is 14.4 Å². The second-order valence-electron chi connectivity index (χ2n) is 3.58. The van der Waals surface area contributed by atoms with Gasteiger partial charge in [-0.3, -0.25) is 14.4 Å². The number of nitrogens with zero attached hydrogens (tertiary/aromatic N) is 1. The third kappa shape index (κ3) is 1.37. The number of carbonyl (C=O) groups excluding carboxylic acids is 3. The molecule has 2 amide bonds. The van der Waals surface area contributed by atoms with E-state index in [1.54, 1.807) is 18.2 Å². The van der Waals surface area contributed by atoms with Gasteiger partial charge in [0.1, 0.15) is 0 Å². The highest BCUT2D eigenvalue weighted by atomic mass is 16.2. The zero-order chi connectivity index (χ0) is 11.9. The van der Waals surface area contributed by atoms with E-state index in [-0.39, 0.29) is 5.91 Å². The molecule has 0 fully saturated rings. The van der Waals surface area contributed by atoms with Crippen LogP contribution < -0.4 is 10.2 Å². The van der Waals surface area contributed by atoms with Gasteiger partial charge in [-0.2, -0.15) is 0 Å². The lowest BCUT2D eigenvalue weighted by Crippen LogP contribution is -2.25. The molecule has 1 aromatic carbocycles. The van der Waals surface area contributed by atoms with Gasteiger partial charge in [-0.05, 0) is 12.1 Å². The summed E-state index contributed by atoms with van der Waals surface area (Å²) in [6, 6.07) is 4.86. The maximum absolute atomic E-state index is 11.5. The number of para-hydroxylation sites is 1. The van der Waals surface area contributed by atoms with Crippen molar-refractivity contribution in [2.75, 3.05) is 17.3 Å². The number of rotatable bonds is 1. The number of ketones is 1. The monoisotopic (exact) mass is 218 g/mol. The van der Waals surface area contributed by atoms with Gasteiger partial charge < -0.3 is 10.2 Å². The average Bonchev–Trinajstić information content (AvgIpc) is 2.44. The third-order valence-electron chi connectivity index (χ3n) is 2.43. The molecule has 0 aliphatic carbocycles. The number of nitrogens with one attached hydrogen (secondary N) is 1. The first-order valence-electron chi connectivity index (χ1n) is 4.75. The summed E-state index contributed by atoms with van der Waals surface area (Å²) in [5, 5.41) is 2.59. The number of carbonyl (C=O) groups is 3. The van der Waals surface area contributed by atoms with Crippen LogP contribution in [0.3, 0.4) is 0 Å². The van der Waals surface area contributed by atoms with Crippen molar-refractivity contribution >= 4 is 29.0 Å². The Labute approximate surface area is 92.0 Å². The summed E-state index contributed by atoms with van der Waals surface area (Å²) in [6.07, 6.45) is 0. The normalized spacial score (nSPS) is 14.0. The van der Waals surface area contributed by atoms with Crippen molar-refractivity contribution in [1.82, 2.24) is 0 Å². The van der Waals surface area contributed by atoms with E-state index in [1.165, 1.54) is 18.9 Å². The van der Waals surface area contributed by atoms with Crippen LogP contribution in [0.1, 0.15) is 17.3 Å². The minimum Gasteiger partial charge on any atom is -0.325 e. The summed E-state index contributed by atoms with van der Waals surface area (Å²) in [5.74, 6) is -1.36. The summed E-state index contributed by atoms with van der Waals surface area (Å²) >= 11 is 0. The van der Waals surface area contributed by atoms with Crippen LogP contribution in [-0.2, 0) is 9.59 Å². The molecule has 1 aliphatic rings. The van der Waals surface area contributed by atoms with E-state index in [2.05, 4.69) is 5.32 Å². The molecule has 2 rings (SSSR count). The van der Waals surface area contributed by atoms with E-state index in [0.717, 1.165) is 0 Å². The predicted molar refractivity (Wildman–Crippen MR) is 58.5 cm³/mol. The number of hydrogen-bond donors (Lipinski definition) is 1. The van der Waals surface area contributed by atoms with Crippen molar-refractivity contribution < 1.29 is 14.4 Å². The molecule has 0 saturated carbocycles. The molecule has 82 valence electrons. The summed E-state index contributed by atoms with van der Waals surface area (Å²) in [5.41, 5.74) is 1.28. The third-order valence-corrected chi connectivity index (χ3v) is 2.43. The highest BCUT2D eigenvalue weighted by Crippen LogP contribution is 2.34. The Morgan fingerprint density at radius 2 is 2.00 bits per heavy atom. The van der Waals surface area contributed by atoms with Crippen LogP contribution in [0.2, 0.25) is 0 Å². The average molecular weight is 218 g/mol. The molecule has 0 atom stereocenters. The number of likely N-dealkylation sites (N-methyl/N-ethyl adjacent to an activating group) is 1. The first-order valence-corrected chi connectivity index (χ1v) is 4.75. The largest absolute Gasteiger partial charge is 0.325 e. The maximum atomic E-state index is 11.5. The molecule has 1 aliphatic heterocycles. The number of benzene rings is 1. The van der Waals surface area contributed by atoms with E-state index in [0.29, 0.717) is 16.9 Å². The van der Waals surface area contributed by atoms with Crippen LogP contribution in [-0.4, -0.2) is 24.6 Å². The Morgan fingerprint density at radius 1 is 1.31 bits per heavy atom. The molecule has 1 N–H and O–H groups in total. The van der Waals surface area contributed by atoms with Gasteiger partial charge in [-0.1, -0.05) is 6.07 Å². The molecule has 1 aromatic rings. The molecule has 1 heterocycles. The fourth-order valence-corrected chi connectivity index (χ4v) is 1.75. The molecule has 0 saturated heterocycles. The smallest absolute Gasteiger partial charge is 0.299 e. The van der Waals surface area contributed by atoms with E-state index in [1.807, 2.05) is 0 Å². The Morgan fingerprint density at radius 3 is 2.62 bits per heavy atom. The minimum atomic E-state index is -0.576. The number of hydrogen-bond acceptors (Lipinski definition) is 3. The maximum Gasteiger partial charge on any atom is 0.299 e. The lowest BCUT2D eigenvalue weighted by atomic mass is 10.1. The van der Waals surface area contributed by atoms with Crippen LogP contribution in [0.15, 0.2) is 18.2 Å². The second-order valence-corrected chi connectivity index (χ2v) is 3.58. The van der Waals surface area contributed by atoms with Gasteiger partial charge in [-0.25, -0.2) is 0 Å². The fourth-order valence-electron chi connectivity index (χ4n) is 1.75. The van der Waals surface area contributed by atoms with Crippen molar-refractivity contribution in [2.24, 2.45) is 0 Å². The quantitative estimate of drug-likeness (QED) is 0.709. The number of fused-ring (bicyclic) bond motifs is 1. The van der Waals surface area contributed by atoms with Crippen LogP contribution in [0.4, 0.5) is 11.4 Å². The topological polar surface area (TPSA) is 66.5 Å². The predicted octanol–water partition coefficient (Wildman–Crippen LogP) is 0.804. The highest BCUT2D eigenvalue weighted by molar-refractivity contribution is 6.52. The zero-order valence-electron chi connectivity index (χ0n) is 8.90. The Bertz CT molecular complexity index is 508. The number of Topliss-reactive ketones (excluding diaryl/α,β-unsaturated/α-hetero) is 1. The Kier molecular flexibility index (Phi) is 2.23. The minimum absolute atomic E-state index is 0.242. The first kappa shape index (κ1) is 10.4. The molecule has 0 aromatic heterocycles. The van der Waals surface area contributed by atoms with Gasteiger partial charge in [0.2, 0.25) is 5.91 Å². The van der Waals surface area contributed by atoms with Crippen molar-refractivity contribution in [3.8, 4) is 0 Å². The standard InChI is InChI=1S/C11H10N2O3/c1-6(14)12-8-5-3-4-7-9(8)13(2)11(16)10(7)15/h3-5H,1-2H3,(H,12,14). The molecule has 5 nitrogen and oxygen atoms in total. The van der Waals surface area contributed by atoms with Crippen LogP contribution in [0.25, 0.3) is 0 Å². The molecular formula is C11H10N2O3. The fraction of sp³-hybridized carbons (Fsp3) is 0.182. The summed E-state index contributed by atoms with van der Waals surface area (Å²) in [7, 11) is 1.51. The summed E-state index contributed by atoms with van der Waals surface area (Å²) < 4.78 is 0. The van der Waals surface area contributed by atoms with Gasteiger partial charge in [0, 0.05) is 14.0 Å². The lowest BCUT2D eigenvalue weighted by molar-refractivity contribution is -0.115. The molecule has 0 bridgehead atoms. The molecule has 0 unspecified atom stereocenters. The summed E-state index contributed by atoms with van der Waals surface area (Å²) in [4.78, 5) is 35.2. The molecular weight excluding hydrogens is 208 g/mol. The van der Waals surface area contributed by atoms with Gasteiger partial charge in [-0.15, -0.1) is 0 Å².